The first-order valence-electron chi connectivity index (χ1n) is 7.25. The van der Waals surface area contributed by atoms with Gasteiger partial charge in [0, 0.05) is 0 Å². The number of hydrogen-bond donors (Lipinski definition) is 1. The third-order valence-electron chi connectivity index (χ3n) is 3.64. The highest BCUT2D eigenvalue weighted by molar-refractivity contribution is 7.80. The zero-order chi connectivity index (χ0) is 12.6. The van der Waals surface area contributed by atoms with Gasteiger partial charge in [0.2, 0.25) is 0 Å². The Kier molecular flexibility index (Phi) is 5.92. The Morgan fingerprint density at radius 3 is 2.56 bits per heavy atom. The summed E-state index contributed by atoms with van der Waals surface area (Å²) in [6.07, 6.45) is 10.1. The van der Waals surface area contributed by atoms with Crippen molar-refractivity contribution in [1.29, 1.82) is 0 Å². The molecule has 100 valence electrons. The summed E-state index contributed by atoms with van der Waals surface area (Å²) >= 11 is 4.22. The van der Waals surface area contributed by atoms with Crippen molar-refractivity contribution in [2.45, 2.75) is 51.4 Å². The topological polar surface area (TPSA) is 9.23 Å². The molecule has 0 saturated heterocycles. The maximum Gasteiger partial charge on any atom is 0.119 e. The summed E-state index contributed by atoms with van der Waals surface area (Å²) in [5.41, 5.74) is 3.04. The van der Waals surface area contributed by atoms with Crippen LogP contribution in [-0.4, -0.2) is 12.4 Å². The van der Waals surface area contributed by atoms with Gasteiger partial charge in [-0.05, 0) is 67.5 Å². The average molecular weight is 264 g/mol. The van der Waals surface area contributed by atoms with Crippen molar-refractivity contribution >= 4 is 12.6 Å². The second kappa shape index (κ2) is 7.73. The van der Waals surface area contributed by atoms with Crippen LogP contribution in [0.15, 0.2) is 18.2 Å². The number of hydrogen-bond acceptors (Lipinski definition) is 2. The van der Waals surface area contributed by atoms with E-state index in [2.05, 4.69) is 30.8 Å². The molecule has 0 N–H and O–H groups in total. The van der Waals surface area contributed by atoms with Gasteiger partial charge in [-0.3, -0.25) is 0 Å². The third kappa shape index (κ3) is 4.24. The third-order valence-corrected chi connectivity index (χ3v) is 3.96. The number of ether oxygens (including phenoxy) is 1. The van der Waals surface area contributed by atoms with Crippen LogP contribution >= 0.6 is 12.6 Å². The maximum atomic E-state index is 5.83. The van der Waals surface area contributed by atoms with Gasteiger partial charge in [-0.25, -0.2) is 0 Å². The molecule has 0 amide bonds. The molecule has 2 heteroatoms. The summed E-state index contributed by atoms with van der Waals surface area (Å²) in [5.74, 6) is 2.07. The van der Waals surface area contributed by atoms with E-state index in [1.54, 1.807) is 0 Å². The molecule has 2 rings (SSSR count). The van der Waals surface area contributed by atoms with Gasteiger partial charge in [0.15, 0.2) is 0 Å². The predicted molar refractivity (Wildman–Crippen MR) is 80.9 cm³/mol. The fraction of sp³-hybridized carbons (Fsp3) is 0.625. The van der Waals surface area contributed by atoms with E-state index in [-0.39, 0.29) is 0 Å². The zero-order valence-electron chi connectivity index (χ0n) is 11.2. The highest BCUT2D eigenvalue weighted by Crippen LogP contribution is 2.25. The minimum atomic E-state index is 0.853. The summed E-state index contributed by atoms with van der Waals surface area (Å²) < 4.78 is 5.83. The largest absolute Gasteiger partial charge is 0.494 e. The smallest absolute Gasteiger partial charge is 0.119 e. The van der Waals surface area contributed by atoms with Crippen molar-refractivity contribution in [3.8, 4) is 5.75 Å². The summed E-state index contributed by atoms with van der Waals surface area (Å²) in [5, 5.41) is 0. The molecular weight excluding hydrogens is 240 g/mol. The van der Waals surface area contributed by atoms with Gasteiger partial charge in [0.1, 0.15) is 5.75 Å². The molecule has 0 unspecified atom stereocenters. The van der Waals surface area contributed by atoms with Crippen molar-refractivity contribution in [2.75, 3.05) is 12.4 Å². The number of benzene rings is 1. The maximum absolute atomic E-state index is 5.83. The lowest BCUT2D eigenvalue weighted by molar-refractivity contribution is 0.304. The van der Waals surface area contributed by atoms with E-state index >= 15 is 0 Å². The second-order valence-corrected chi connectivity index (χ2v) is 5.57. The van der Waals surface area contributed by atoms with Gasteiger partial charge in [-0.15, -0.1) is 0 Å². The molecule has 0 aliphatic heterocycles. The minimum Gasteiger partial charge on any atom is -0.494 e. The van der Waals surface area contributed by atoms with Crippen LogP contribution in [0.2, 0.25) is 0 Å². The quantitative estimate of drug-likeness (QED) is 0.566. The molecule has 0 spiro atoms. The lowest BCUT2D eigenvalue weighted by Gasteiger charge is -2.16. The Morgan fingerprint density at radius 2 is 1.72 bits per heavy atom. The van der Waals surface area contributed by atoms with Gasteiger partial charge >= 0.3 is 0 Å². The molecule has 1 aromatic carbocycles. The van der Waals surface area contributed by atoms with Crippen molar-refractivity contribution in [2.24, 2.45) is 0 Å². The average Bonchev–Trinajstić information content (AvgIpc) is 2.42. The molecule has 0 heterocycles. The van der Waals surface area contributed by atoms with E-state index in [1.165, 1.54) is 56.1 Å². The molecule has 0 radical (unpaired) electrons. The molecule has 1 aliphatic rings. The van der Waals surface area contributed by atoms with Gasteiger partial charge in [0.05, 0.1) is 6.61 Å². The van der Waals surface area contributed by atoms with E-state index in [1.807, 2.05) is 0 Å². The summed E-state index contributed by atoms with van der Waals surface area (Å²) in [7, 11) is 0. The van der Waals surface area contributed by atoms with Gasteiger partial charge in [-0.2, -0.15) is 12.6 Å². The molecule has 1 aliphatic carbocycles. The number of thiol groups is 1. The monoisotopic (exact) mass is 264 g/mol. The highest BCUT2D eigenvalue weighted by Gasteiger charge is 2.09. The first-order valence-corrected chi connectivity index (χ1v) is 7.89. The molecular formula is C16H24OS. The Bertz CT molecular complexity index is 362. The molecule has 0 atom stereocenters. The lowest BCUT2D eigenvalue weighted by Crippen LogP contribution is -2.04. The molecule has 0 saturated carbocycles. The number of fused-ring (bicyclic) bond motifs is 1. The van der Waals surface area contributed by atoms with Crippen LogP contribution in [0.3, 0.4) is 0 Å². The Balaban J connectivity index is 1.72. The second-order valence-electron chi connectivity index (χ2n) is 5.12. The van der Waals surface area contributed by atoms with E-state index in [0.29, 0.717) is 0 Å². The fourth-order valence-electron chi connectivity index (χ4n) is 2.56. The lowest BCUT2D eigenvalue weighted by atomic mass is 9.92. The molecule has 1 nitrogen and oxygen atoms in total. The van der Waals surface area contributed by atoms with Crippen molar-refractivity contribution in [3.05, 3.63) is 29.3 Å². The first-order chi connectivity index (χ1) is 8.90. The number of rotatable bonds is 7. The molecule has 0 bridgehead atoms. The SMILES string of the molecule is SCCCCCCOc1ccc2c(c1)CCCC2. The summed E-state index contributed by atoms with van der Waals surface area (Å²) in [4.78, 5) is 0. The zero-order valence-corrected chi connectivity index (χ0v) is 12.1. The van der Waals surface area contributed by atoms with E-state index in [9.17, 15) is 0 Å². The van der Waals surface area contributed by atoms with Crippen LogP contribution in [0.4, 0.5) is 0 Å². The standard InChI is InChI=1S/C16H24OS/c18-12-6-2-1-5-11-17-16-10-9-14-7-3-4-8-15(14)13-16/h9-10,13,18H,1-8,11-12H2. The van der Waals surface area contributed by atoms with Crippen LogP contribution in [0.1, 0.15) is 49.7 Å². The van der Waals surface area contributed by atoms with Crippen LogP contribution in [0.25, 0.3) is 0 Å². The van der Waals surface area contributed by atoms with E-state index in [0.717, 1.165) is 24.5 Å². The Hall–Kier alpha value is -0.630. The van der Waals surface area contributed by atoms with Crippen LogP contribution < -0.4 is 4.74 Å². The molecule has 0 aromatic heterocycles. The Morgan fingerprint density at radius 1 is 0.944 bits per heavy atom. The van der Waals surface area contributed by atoms with Crippen LogP contribution in [0, 0.1) is 0 Å². The first kappa shape index (κ1) is 13.8. The van der Waals surface area contributed by atoms with Gasteiger partial charge in [-0.1, -0.05) is 18.9 Å². The van der Waals surface area contributed by atoms with Gasteiger partial charge < -0.3 is 4.74 Å². The van der Waals surface area contributed by atoms with Gasteiger partial charge in [0.25, 0.3) is 0 Å². The molecule has 0 fully saturated rings. The van der Waals surface area contributed by atoms with Crippen molar-refractivity contribution in [1.82, 2.24) is 0 Å². The van der Waals surface area contributed by atoms with E-state index in [4.69, 9.17) is 4.74 Å². The Labute approximate surface area is 116 Å². The minimum absolute atomic E-state index is 0.853. The number of aryl methyl sites for hydroxylation is 2. The molecule has 1 aromatic rings. The van der Waals surface area contributed by atoms with Crippen molar-refractivity contribution < 1.29 is 4.74 Å². The normalized spacial score (nSPS) is 14.3. The summed E-state index contributed by atoms with van der Waals surface area (Å²) in [6.45, 7) is 0.853. The molecule has 18 heavy (non-hydrogen) atoms. The van der Waals surface area contributed by atoms with Crippen LogP contribution in [0.5, 0.6) is 5.75 Å². The predicted octanol–water partition coefficient (Wildman–Crippen LogP) is 4.43. The summed E-state index contributed by atoms with van der Waals surface area (Å²) in [6, 6.07) is 6.64. The van der Waals surface area contributed by atoms with Crippen molar-refractivity contribution in [3.63, 3.8) is 0 Å². The fourth-order valence-corrected chi connectivity index (χ4v) is 2.78. The highest BCUT2D eigenvalue weighted by atomic mass is 32.1. The number of unbranched alkanes of at least 4 members (excludes halogenated alkanes) is 3. The van der Waals surface area contributed by atoms with E-state index < -0.39 is 0 Å². The van der Waals surface area contributed by atoms with Crippen LogP contribution in [-0.2, 0) is 12.8 Å².